The molecule has 0 atom stereocenters. The van der Waals surface area contributed by atoms with Crippen LogP contribution in [-0.4, -0.2) is 25.7 Å². The molecule has 1 heterocycles. The summed E-state index contributed by atoms with van der Waals surface area (Å²) in [7, 11) is 0. The molecule has 0 saturated carbocycles. The van der Waals surface area contributed by atoms with Crippen LogP contribution in [0.3, 0.4) is 0 Å². The maximum atomic E-state index is 11.1. The quantitative estimate of drug-likeness (QED) is 0.876. The Kier molecular flexibility index (Phi) is 3.93. The number of para-hydroxylation sites is 2. The number of nitrogens with zero attached hydrogens (tertiary/aromatic N) is 2. The predicted octanol–water partition coefficient (Wildman–Crippen LogP) is 2.45. The summed E-state index contributed by atoms with van der Waals surface area (Å²) >= 11 is 0. The molecule has 1 aromatic carbocycles. The van der Waals surface area contributed by atoms with Crippen molar-refractivity contribution in [1.29, 1.82) is 0 Å². The average Bonchev–Trinajstić information content (AvgIpc) is 2.82. The van der Waals surface area contributed by atoms with Crippen molar-refractivity contribution in [1.82, 2.24) is 9.55 Å². The number of rotatable bonds is 5. The van der Waals surface area contributed by atoms with E-state index in [1.807, 2.05) is 13.8 Å². The molecule has 0 fully saturated rings. The molecule has 106 valence electrons. The molecule has 1 aromatic heterocycles. The van der Waals surface area contributed by atoms with E-state index < -0.39 is 5.97 Å². The largest absolute Gasteiger partial charge is 0.504 e. The predicted molar refractivity (Wildman–Crippen MR) is 72.0 cm³/mol. The van der Waals surface area contributed by atoms with Gasteiger partial charge in [0, 0.05) is 6.04 Å². The Labute approximate surface area is 116 Å². The fraction of sp³-hybridized carbons (Fsp3) is 0.286. The molecule has 0 saturated heterocycles. The lowest BCUT2D eigenvalue weighted by Gasteiger charge is -2.14. The van der Waals surface area contributed by atoms with Crippen LogP contribution in [0, 0.1) is 0 Å². The first kappa shape index (κ1) is 13.9. The van der Waals surface area contributed by atoms with Gasteiger partial charge in [0.15, 0.2) is 11.5 Å². The number of ether oxygens (including phenoxy) is 1. The van der Waals surface area contributed by atoms with Gasteiger partial charge in [-0.2, -0.15) is 0 Å². The molecular weight excluding hydrogens is 260 g/mol. The highest BCUT2D eigenvalue weighted by atomic mass is 16.5. The van der Waals surface area contributed by atoms with Crippen LogP contribution in [0.4, 0.5) is 0 Å². The smallest absolute Gasteiger partial charge is 0.372 e. The van der Waals surface area contributed by atoms with Crippen LogP contribution in [-0.2, 0) is 6.61 Å². The summed E-state index contributed by atoms with van der Waals surface area (Å²) in [6, 6.07) is 6.56. The highest BCUT2D eigenvalue weighted by Gasteiger charge is 2.18. The number of aromatic hydroxyl groups is 1. The minimum atomic E-state index is -1.08. The summed E-state index contributed by atoms with van der Waals surface area (Å²) in [6.07, 6.45) is 1.48. The fourth-order valence-electron chi connectivity index (χ4n) is 1.97. The van der Waals surface area contributed by atoms with Gasteiger partial charge in [0.05, 0.1) is 11.9 Å². The topological polar surface area (TPSA) is 84.6 Å². The van der Waals surface area contributed by atoms with E-state index in [1.54, 1.807) is 22.8 Å². The van der Waals surface area contributed by atoms with E-state index in [4.69, 9.17) is 9.84 Å². The van der Waals surface area contributed by atoms with Crippen molar-refractivity contribution in [3.63, 3.8) is 0 Å². The summed E-state index contributed by atoms with van der Waals surface area (Å²) in [5.74, 6) is -0.703. The van der Waals surface area contributed by atoms with Gasteiger partial charge in [0.1, 0.15) is 6.61 Å². The molecule has 0 amide bonds. The highest BCUT2D eigenvalue weighted by molar-refractivity contribution is 5.83. The zero-order chi connectivity index (χ0) is 14.7. The maximum absolute atomic E-state index is 11.1. The van der Waals surface area contributed by atoms with Crippen molar-refractivity contribution >= 4 is 5.97 Å². The second-order valence-electron chi connectivity index (χ2n) is 4.60. The van der Waals surface area contributed by atoms with E-state index in [-0.39, 0.29) is 24.2 Å². The van der Waals surface area contributed by atoms with Gasteiger partial charge in [0.2, 0.25) is 5.82 Å². The number of benzene rings is 1. The van der Waals surface area contributed by atoms with Crippen molar-refractivity contribution in [2.75, 3.05) is 0 Å². The highest BCUT2D eigenvalue weighted by Crippen LogP contribution is 2.25. The van der Waals surface area contributed by atoms with Gasteiger partial charge < -0.3 is 19.5 Å². The molecule has 0 aliphatic heterocycles. The summed E-state index contributed by atoms with van der Waals surface area (Å²) in [5, 5.41) is 18.7. The lowest BCUT2D eigenvalue weighted by Crippen LogP contribution is -2.15. The minimum Gasteiger partial charge on any atom is -0.504 e. The van der Waals surface area contributed by atoms with Gasteiger partial charge in [-0.3, -0.25) is 0 Å². The van der Waals surface area contributed by atoms with E-state index in [0.29, 0.717) is 11.4 Å². The SMILES string of the molecule is CC(C)n1c(COc2ccccc2O)cnc1C(=O)O. The lowest BCUT2D eigenvalue weighted by molar-refractivity contribution is 0.0675. The molecular formula is C14H16N2O4. The van der Waals surface area contributed by atoms with E-state index in [2.05, 4.69) is 4.98 Å². The Morgan fingerprint density at radius 1 is 1.40 bits per heavy atom. The van der Waals surface area contributed by atoms with Crippen molar-refractivity contribution in [3.05, 3.63) is 42.0 Å². The van der Waals surface area contributed by atoms with E-state index in [1.165, 1.54) is 12.3 Å². The van der Waals surface area contributed by atoms with E-state index in [0.717, 1.165) is 0 Å². The van der Waals surface area contributed by atoms with Crippen LogP contribution >= 0.6 is 0 Å². The summed E-state index contributed by atoms with van der Waals surface area (Å²) < 4.78 is 7.10. The summed E-state index contributed by atoms with van der Waals surface area (Å²) in [5.41, 5.74) is 0.639. The Morgan fingerprint density at radius 2 is 2.10 bits per heavy atom. The van der Waals surface area contributed by atoms with Crippen LogP contribution in [0.25, 0.3) is 0 Å². The van der Waals surface area contributed by atoms with Crippen LogP contribution in [0.2, 0.25) is 0 Å². The number of phenolic OH excluding ortho intramolecular Hbond substituents is 1. The molecule has 0 unspecified atom stereocenters. The third-order valence-electron chi connectivity index (χ3n) is 2.82. The van der Waals surface area contributed by atoms with Crippen LogP contribution in [0.15, 0.2) is 30.5 Å². The first-order valence-corrected chi connectivity index (χ1v) is 6.21. The first-order valence-electron chi connectivity index (χ1n) is 6.21. The van der Waals surface area contributed by atoms with Crippen molar-refractivity contribution in [3.8, 4) is 11.5 Å². The number of carboxylic acids is 1. The Hall–Kier alpha value is -2.50. The monoisotopic (exact) mass is 276 g/mol. The molecule has 6 nitrogen and oxygen atoms in total. The number of hydrogen-bond donors (Lipinski definition) is 2. The van der Waals surface area contributed by atoms with Crippen LogP contribution in [0.1, 0.15) is 36.2 Å². The molecule has 0 radical (unpaired) electrons. The lowest BCUT2D eigenvalue weighted by atomic mass is 10.3. The van der Waals surface area contributed by atoms with Crippen LogP contribution in [0.5, 0.6) is 11.5 Å². The molecule has 6 heteroatoms. The zero-order valence-corrected chi connectivity index (χ0v) is 11.3. The molecule has 2 N–H and O–H groups in total. The zero-order valence-electron chi connectivity index (χ0n) is 11.3. The number of aromatic nitrogens is 2. The van der Waals surface area contributed by atoms with Crippen molar-refractivity contribution < 1.29 is 19.7 Å². The minimum absolute atomic E-state index is 0.0177. The Balaban J connectivity index is 2.22. The third kappa shape index (κ3) is 2.74. The van der Waals surface area contributed by atoms with Crippen molar-refractivity contribution in [2.45, 2.75) is 26.5 Å². The summed E-state index contributed by atoms with van der Waals surface area (Å²) in [6.45, 7) is 3.88. The maximum Gasteiger partial charge on any atom is 0.372 e. The van der Waals surface area contributed by atoms with Gasteiger partial charge in [-0.25, -0.2) is 9.78 Å². The molecule has 2 rings (SSSR count). The number of hydrogen-bond acceptors (Lipinski definition) is 4. The normalized spacial score (nSPS) is 10.8. The second kappa shape index (κ2) is 5.64. The van der Waals surface area contributed by atoms with Crippen LogP contribution < -0.4 is 4.74 Å². The second-order valence-corrected chi connectivity index (χ2v) is 4.60. The number of phenols is 1. The number of imidazole rings is 1. The van der Waals surface area contributed by atoms with Gasteiger partial charge in [-0.15, -0.1) is 0 Å². The fourth-order valence-corrected chi connectivity index (χ4v) is 1.97. The number of carbonyl (C=O) groups is 1. The molecule has 0 aliphatic rings. The molecule has 0 aliphatic carbocycles. The molecule has 0 bridgehead atoms. The molecule has 20 heavy (non-hydrogen) atoms. The molecule has 2 aromatic rings. The number of carboxylic acid groups (broad SMARTS) is 1. The van der Waals surface area contributed by atoms with E-state index >= 15 is 0 Å². The van der Waals surface area contributed by atoms with Crippen molar-refractivity contribution in [2.24, 2.45) is 0 Å². The first-order chi connectivity index (χ1) is 9.50. The molecule has 0 spiro atoms. The van der Waals surface area contributed by atoms with Gasteiger partial charge >= 0.3 is 5.97 Å². The Bertz CT molecular complexity index is 619. The van der Waals surface area contributed by atoms with Gasteiger partial charge in [0.25, 0.3) is 0 Å². The standard InChI is InChI=1S/C14H16N2O4/c1-9(2)16-10(7-15-13(16)14(18)19)8-20-12-6-4-3-5-11(12)17/h3-7,9,17H,8H2,1-2H3,(H,18,19). The summed E-state index contributed by atoms with van der Waals surface area (Å²) in [4.78, 5) is 15.0. The van der Waals surface area contributed by atoms with E-state index in [9.17, 15) is 9.90 Å². The number of aromatic carboxylic acids is 1. The third-order valence-corrected chi connectivity index (χ3v) is 2.82. The van der Waals surface area contributed by atoms with Gasteiger partial charge in [-0.1, -0.05) is 12.1 Å². The van der Waals surface area contributed by atoms with Gasteiger partial charge in [-0.05, 0) is 26.0 Å². The Morgan fingerprint density at radius 3 is 2.70 bits per heavy atom. The average molecular weight is 276 g/mol.